The molecule has 6 atom stereocenters. The van der Waals surface area contributed by atoms with Crippen LogP contribution in [0.25, 0.3) is 0 Å². The topological polar surface area (TPSA) is 101 Å². The van der Waals surface area contributed by atoms with Gasteiger partial charge in [-0.1, -0.05) is 28.1 Å². The maximum Gasteiger partial charge on any atom is 0.269 e. The smallest absolute Gasteiger partial charge is 0.269 e. The summed E-state index contributed by atoms with van der Waals surface area (Å²) in [5.41, 5.74) is 0.626. The van der Waals surface area contributed by atoms with Crippen LogP contribution in [0.1, 0.15) is 16.8 Å². The number of allylic oxidation sites excluding steroid dienone is 2. The molecular weight excluding hydrogens is 502 g/mol. The van der Waals surface area contributed by atoms with E-state index in [1.807, 2.05) is 0 Å². The molecule has 2 aromatic carbocycles. The molecular formula is C25H20BrN3O5. The molecule has 2 aromatic rings. The number of anilines is 1. The number of carbonyl (C=O) groups is 3. The quantitative estimate of drug-likeness (QED) is 0.256. The Labute approximate surface area is 203 Å². The van der Waals surface area contributed by atoms with E-state index in [1.54, 1.807) is 24.3 Å². The number of benzene rings is 2. The highest BCUT2D eigenvalue weighted by atomic mass is 79.9. The molecule has 2 saturated carbocycles. The van der Waals surface area contributed by atoms with Gasteiger partial charge in [0.05, 0.1) is 16.8 Å². The first kappa shape index (κ1) is 21.2. The van der Waals surface area contributed by atoms with Gasteiger partial charge in [0.25, 0.3) is 11.6 Å². The van der Waals surface area contributed by atoms with Gasteiger partial charge in [-0.25, -0.2) is 0 Å². The predicted octanol–water partition coefficient (Wildman–Crippen LogP) is 4.01. The molecule has 34 heavy (non-hydrogen) atoms. The van der Waals surface area contributed by atoms with Crippen LogP contribution in [-0.4, -0.2) is 34.2 Å². The van der Waals surface area contributed by atoms with Crippen LogP contribution in [0.2, 0.25) is 0 Å². The number of nitro benzene ring substituents is 1. The van der Waals surface area contributed by atoms with Crippen molar-refractivity contribution in [2.75, 3.05) is 11.6 Å². The summed E-state index contributed by atoms with van der Waals surface area (Å²) in [4.78, 5) is 53.5. The van der Waals surface area contributed by atoms with Gasteiger partial charge in [0, 0.05) is 27.9 Å². The van der Waals surface area contributed by atoms with Crippen LogP contribution >= 0.6 is 15.9 Å². The molecule has 1 aliphatic heterocycles. The zero-order valence-corrected chi connectivity index (χ0v) is 19.5. The number of hydrogen-bond donors (Lipinski definition) is 0. The van der Waals surface area contributed by atoms with E-state index >= 15 is 0 Å². The molecule has 8 nitrogen and oxygen atoms in total. The molecule has 0 aromatic heterocycles. The fourth-order valence-electron chi connectivity index (χ4n) is 6.07. The molecule has 9 heteroatoms. The first-order valence-corrected chi connectivity index (χ1v) is 12.0. The van der Waals surface area contributed by atoms with Gasteiger partial charge in [0.15, 0.2) is 0 Å². The van der Waals surface area contributed by atoms with Crippen molar-refractivity contribution in [2.24, 2.45) is 35.5 Å². The van der Waals surface area contributed by atoms with E-state index < -0.39 is 10.8 Å². The highest BCUT2D eigenvalue weighted by Gasteiger charge is 2.67. The number of imide groups is 1. The average molecular weight is 522 g/mol. The second kappa shape index (κ2) is 7.59. The highest BCUT2D eigenvalue weighted by molar-refractivity contribution is 9.10. The summed E-state index contributed by atoms with van der Waals surface area (Å²) in [6.45, 7) is -0.198. The SMILES string of the molecule is O=C1C2C3C=CC(C4CC34)C2C(=O)N1CN(C(=O)c1ccc([N+](=O)[O-])cc1)c1ccc(Br)cc1. The zero-order chi connectivity index (χ0) is 23.7. The van der Waals surface area contributed by atoms with E-state index in [1.165, 1.54) is 34.1 Å². The predicted molar refractivity (Wildman–Crippen MR) is 125 cm³/mol. The van der Waals surface area contributed by atoms with Crippen molar-refractivity contribution in [3.8, 4) is 0 Å². The van der Waals surface area contributed by atoms with Crippen LogP contribution in [0.3, 0.4) is 0 Å². The molecule has 3 amide bonds. The van der Waals surface area contributed by atoms with Crippen molar-refractivity contribution in [3.63, 3.8) is 0 Å². The van der Waals surface area contributed by atoms with Gasteiger partial charge >= 0.3 is 0 Å². The lowest BCUT2D eigenvalue weighted by atomic mass is 9.63. The molecule has 1 saturated heterocycles. The minimum absolute atomic E-state index is 0.105. The van der Waals surface area contributed by atoms with Gasteiger partial charge in [-0.2, -0.15) is 0 Å². The Morgan fingerprint density at radius 3 is 2.06 bits per heavy atom. The Morgan fingerprint density at radius 1 is 0.971 bits per heavy atom. The molecule has 2 bridgehead atoms. The van der Waals surface area contributed by atoms with Gasteiger partial charge in [-0.05, 0) is 66.5 Å². The Balaban J connectivity index is 1.32. The summed E-state index contributed by atoms with van der Waals surface area (Å²) in [5.74, 6) is -0.344. The molecule has 3 fully saturated rings. The number of hydrogen-bond acceptors (Lipinski definition) is 5. The number of non-ortho nitro benzene ring substituents is 1. The van der Waals surface area contributed by atoms with Crippen LogP contribution in [0, 0.1) is 45.6 Å². The second-order valence-electron chi connectivity index (χ2n) is 9.41. The normalized spacial score (nSPS) is 30.2. The Hall–Kier alpha value is -3.33. The molecule has 5 aliphatic rings. The molecule has 0 spiro atoms. The van der Waals surface area contributed by atoms with E-state index in [9.17, 15) is 24.5 Å². The maximum atomic E-state index is 13.5. The van der Waals surface area contributed by atoms with Crippen molar-refractivity contribution >= 4 is 45.0 Å². The van der Waals surface area contributed by atoms with Crippen molar-refractivity contribution in [2.45, 2.75) is 6.42 Å². The maximum absolute atomic E-state index is 13.5. The van der Waals surface area contributed by atoms with Gasteiger partial charge < -0.3 is 0 Å². The summed E-state index contributed by atoms with van der Waals surface area (Å²) in [7, 11) is 0. The lowest BCUT2D eigenvalue weighted by molar-refractivity contribution is -0.384. The summed E-state index contributed by atoms with van der Waals surface area (Å²) < 4.78 is 0.820. The molecule has 4 aliphatic carbocycles. The largest absolute Gasteiger partial charge is 0.290 e. The van der Waals surface area contributed by atoms with E-state index in [4.69, 9.17) is 0 Å². The molecule has 1 heterocycles. The monoisotopic (exact) mass is 521 g/mol. The van der Waals surface area contributed by atoms with Gasteiger partial charge in [0.2, 0.25) is 11.8 Å². The van der Waals surface area contributed by atoms with E-state index in [2.05, 4.69) is 28.1 Å². The number of nitro groups is 1. The number of nitrogens with zero attached hydrogens (tertiary/aromatic N) is 3. The van der Waals surface area contributed by atoms with Gasteiger partial charge in [-0.3, -0.25) is 34.3 Å². The summed E-state index contributed by atoms with van der Waals surface area (Å²) in [5, 5.41) is 11.0. The van der Waals surface area contributed by atoms with Crippen LogP contribution in [0.4, 0.5) is 11.4 Å². The molecule has 0 radical (unpaired) electrons. The highest BCUT2D eigenvalue weighted by Crippen LogP contribution is 2.65. The first-order chi connectivity index (χ1) is 16.3. The van der Waals surface area contributed by atoms with E-state index in [0.717, 1.165) is 10.9 Å². The fraction of sp³-hybridized carbons (Fsp3) is 0.320. The van der Waals surface area contributed by atoms with Gasteiger partial charge in [-0.15, -0.1) is 0 Å². The van der Waals surface area contributed by atoms with Crippen LogP contribution in [-0.2, 0) is 9.59 Å². The summed E-state index contributed by atoms with van der Waals surface area (Å²) in [6, 6.07) is 12.3. The number of rotatable bonds is 5. The van der Waals surface area contributed by atoms with Crippen molar-refractivity contribution in [3.05, 3.63) is 80.8 Å². The number of likely N-dealkylation sites (tertiary alicyclic amines) is 1. The molecule has 6 unspecified atom stereocenters. The Bertz CT molecular complexity index is 1220. The van der Waals surface area contributed by atoms with Crippen LogP contribution < -0.4 is 4.90 Å². The number of halogens is 1. The standard InChI is InChI=1S/C25H20BrN3O5/c26-14-3-7-15(8-4-14)27(23(30)13-1-5-16(6-2-13)29(33)34)12-28-24(31)21-17-9-10-18(20-11-19(17)20)22(21)25(28)32/h1-10,17-22H,11-12H2. The Morgan fingerprint density at radius 2 is 1.53 bits per heavy atom. The third kappa shape index (κ3) is 3.14. The van der Waals surface area contributed by atoms with Crippen molar-refractivity contribution in [1.29, 1.82) is 0 Å². The molecule has 7 rings (SSSR count). The minimum atomic E-state index is -0.531. The van der Waals surface area contributed by atoms with E-state index in [0.29, 0.717) is 17.5 Å². The lowest BCUT2D eigenvalue weighted by Crippen LogP contribution is -2.45. The van der Waals surface area contributed by atoms with Crippen LogP contribution in [0.15, 0.2) is 65.2 Å². The zero-order valence-electron chi connectivity index (χ0n) is 17.9. The van der Waals surface area contributed by atoms with Crippen molar-refractivity contribution < 1.29 is 19.3 Å². The van der Waals surface area contributed by atoms with Gasteiger partial charge in [0.1, 0.15) is 6.67 Å². The molecule has 172 valence electrons. The fourth-order valence-corrected chi connectivity index (χ4v) is 6.33. The summed E-state index contributed by atoms with van der Waals surface area (Å²) >= 11 is 3.38. The third-order valence-electron chi connectivity index (χ3n) is 7.75. The van der Waals surface area contributed by atoms with Crippen molar-refractivity contribution in [1.82, 2.24) is 4.90 Å². The first-order valence-electron chi connectivity index (χ1n) is 11.2. The Kier molecular flexibility index (Phi) is 4.74. The number of carbonyl (C=O) groups excluding carboxylic acids is 3. The lowest BCUT2D eigenvalue weighted by Gasteiger charge is -2.37. The van der Waals surface area contributed by atoms with E-state index in [-0.39, 0.29) is 53.4 Å². The average Bonchev–Trinajstić information content (AvgIpc) is 3.63. The summed E-state index contributed by atoms with van der Waals surface area (Å²) in [6.07, 6.45) is 5.31. The molecule has 0 N–H and O–H groups in total. The van der Waals surface area contributed by atoms with Crippen LogP contribution in [0.5, 0.6) is 0 Å². The third-order valence-corrected chi connectivity index (χ3v) is 8.27. The number of amides is 3. The second-order valence-corrected chi connectivity index (χ2v) is 10.3. The minimum Gasteiger partial charge on any atom is -0.290 e.